The number of thioether (sulfide) groups is 1. The van der Waals surface area contributed by atoms with Gasteiger partial charge in [-0.1, -0.05) is 30.7 Å². The fraction of sp³-hybridized carbons (Fsp3) is 0.562. The second-order valence-corrected chi connectivity index (χ2v) is 6.57. The molecule has 1 saturated carbocycles. The lowest BCUT2D eigenvalue weighted by Gasteiger charge is -2.19. The van der Waals surface area contributed by atoms with E-state index < -0.39 is 11.9 Å². The van der Waals surface area contributed by atoms with Gasteiger partial charge in [-0.05, 0) is 37.1 Å². The molecule has 1 aliphatic carbocycles. The summed E-state index contributed by atoms with van der Waals surface area (Å²) >= 11 is 1.96. The predicted molar refractivity (Wildman–Crippen MR) is 84.3 cm³/mol. The van der Waals surface area contributed by atoms with Crippen LogP contribution in [0, 0.1) is 0 Å². The molecule has 0 spiro atoms. The second-order valence-electron chi connectivity index (χ2n) is 5.49. The average molecular weight is 293 g/mol. The highest BCUT2D eigenvalue weighted by Crippen LogP contribution is 2.28. The lowest BCUT2D eigenvalue weighted by Crippen LogP contribution is -2.33. The van der Waals surface area contributed by atoms with E-state index in [1.807, 2.05) is 36.0 Å². The van der Waals surface area contributed by atoms with E-state index in [0.717, 1.165) is 17.4 Å². The van der Waals surface area contributed by atoms with Crippen LogP contribution in [0.15, 0.2) is 24.3 Å². The molecule has 0 heterocycles. The molecule has 20 heavy (non-hydrogen) atoms. The van der Waals surface area contributed by atoms with Crippen molar-refractivity contribution in [3.05, 3.63) is 35.4 Å². The number of benzene rings is 1. The van der Waals surface area contributed by atoms with Crippen LogP contribution in [0.1, 0.15) is 43.2 Å². The van der Waals surface area contributed by atoms with E-state index in [0.29, 0.717) is 6.04 Å². The van der Waals surface area contributed by atoms with Gasteiger partial charge in [0.1, 0.15) is 0 Å². The summed E-state index contributed by atoms with van der Waals surface area (Å²) in [6.45, 7) is 2.58. The molecular formula is C16H23NO2S. The van der Waals surface area contributed by atoms with Gasteiger partial charge < -0.3 is 10.4 Å². The van der Waals surface area contributed by atoms with Gasteiger partial charge in [0.25, 0.3) is 0 Å². The van der Waals surface area contributed by atoms with E-state index in [2.05, 4.69) is 11.6 Å². The highest BCUT2D eigenvalue weighted by Gasteiger charge is 2.25. The molecule has 2 N–H and O–H groups in total. The third-order valence-electron chi connectivity index (χ3n) is 4.17. The standard InChI is InChI=1S/C16H23NO2S/c1-11(16(18)19)13-8-6-12(7-9-13)10-17-14-4-3-5-15(14)20-2/h6-9,11,14-15,17H,3-5,10H2,1-2H3,(H,18,19). The first-order valence-electron chi connectivity index (χ1n) is 7.19. The molecule has 0 aliphatic heterocycles. The Bertz CT molecular complexity index is 446. The van der Waals surface area contributed by atoms with Crippen LogP contribution in [0.25, 0.3) is 0 Å². The lowest BCUT2D eigenvalue weighted by atomic mass is 10.00. The Balaban J connectivity index is 1.89. The number of carboxylic acid groups (broad SMARTS) is 1. The first-order chi connectivity index (χ1) is 9.61. The van der Waals surface area contributed by atoms with Crippen LogP contribution < -0.4 is 5.32 Å². The minimum absolute atomic E-state index is 0.437. The molecule has 0 aromatic heterocycles. The van der Waals surface area contributed by atoms with Crippen LogP contribution in [-0.4, -0.2) is 28.6 Å². The summed E-state index contributed by atoms with van der Waals surface area (Å²) in [4.78, 5) is 10.9. The van der Waals surface area contributed by atoms with Gasteiger partial charge in [-0.3, -0.25) is 4.79 Å². The quantitative estimate of drug-likeness (QED) is 0.845. The largest absolute Gasteiger partial charge is 0.481 e. The zero-order valence-corrected chi connectivity index (χ0v) is 13.0. The third-order valence-corrected chi connectivity index (χ3v) is 5.34. The summed E-state index contributed by atoms with van der Waals surface area (Å²) in [5.41, 5.74) is 2.09. The molecule has 1 aromatic carbocycles. The molecule has 0 bridgehead atoms. The number of carboxylic acids is 1. The zero-order chi connectivity index (χ0) is 14.5. The Morgan fingerprint density at radius 2 is 2.10 bits per heavy atom. The molecule has 1 fully saturated rings. The van der Waals surface area contributed by atoms with Gasteiger partial charge in [0.2, 0.25) is 0 Å². The van der Waals surface area contributed by atoms with Crippen molar-refractivity contribution in [2.75, 3.05) is 6.26 Å². The fourth-order valence-corrected chi connectivity index (χ4v) is 3.72. The van der Waals surface area contributed by atoms with E-state index in [-0.39, 0.29) is 0 Å². The molecule has 3 unspecified atom stereocenters. The lowest BCUT2D eigenvalue weighted by molar-refractivity contribution is -0.138. The number of aliphatic carboxylic acids is 1. The Labute approximate surface area is 125 Å². The van der Waals surface area contributed by atoms with E-state index in [1.54, 1.807) is 6.92 Å². The number of hydrogen-bond donors (Lipinski definition) is 2. The summed E-state index contributed by atoms with van der Waals surface area (Å²) in [5, 5.41) is 13.4. The summed E-state index contributed by atoms with van der Waals surface area (Å²) < 4.78 is 0. The van der Waals surface area contributed by atoms with E-state index in [4.69, 9.17) is 5.11 Å². The SMILES string of the molecule is CSC1CCCC1NCc1ccc(C(C)C(=O)O)cc1. The molecule has 2 rings (SSSR count). The number of hydrogen-bond acceptors (Lipinski definition) is 3. The summed E-state index contributed by atoms with van der Waals surface area (Å²) in [5.74, 6) is -1.21. The number of carbonyl (C=O) groups is 1. The van der Waals surface area contributed by atoms with Gasteiger partial charge in [0.15, 0.2) is 0 Å². The van der Waals surface area contributed by atoms with Crippen molar-refractivity contribution in [2.45, 2.75) is 49.9 Å². The maximum Gasteiger partial charge on any atom is 0.310 e. The molecule has 0 amide bonds. The van der Waals surface area contributed by atoms with Crippen molar-refractivity contribution in [1.29, 1.82) is 0 Å². The van der Waals surface area contributed by atoms with Gasteiger partial charge in [-0.15, -0.1) is 0 Å². The van der Waals surface area contributed by atoms with Crippen molar-refractivity contribution < 1.29 is 9.90 Å². The normalized spacial score (nSPS) is 23.7. The Morgan fingerprint density at radius 1 is 1.40 bits per heavy atom. The van der Waals surface area contributed by atoms with Gasteiger partial charge in [-0.2, -0.15) is 11.8 Å². The van der Waals surface area contributed by atoms with Gasteiger partial charge in [0, 0.05) is 17.8 Å². The van der Waals surface area contributed by atoms with Crippen LogP contribution in [0.3, 0.4) is 0 Å². The summed E-state index contributed by atoms with van der Waals surface area (Å²) in [7, 11) is 0. The van der Waals surface area contributed by atoms with Crippen molar-refractivity contribution in [1.82, 2.24) is 5.32 Å². The highest BCUT2D eigenvalue weighted by molar-refractivity contribution is 7.99. The Kier molecular flexibility index (Phi) is 5.49. The van der Waals surface area contributed by atoms with Crippen LogP contribution >= 0.6 is 11.8 Å². The number of rotatable bonds is 6. The molecule has 0 saturated heterocycles. The summed E-state index contributed by atoms with van der Waals surface area (Å²) in [6.07, 6.45) is 6.08. The first kappa shape index (κ1) is 15.4. The maximum atomic E-state index is 10.9. The first-order valence-corrected chi connectivity index (χ1v) is 8.48. The van der Waals surface area contributed by atoms with Crippen LogP contribution in [0.2, 0.25) is 0 Å². The fourth-order valence-electron chi connectivity index (χ4n) is 2.76. The number of nitrogens with one attached hydrogen (secondary N) is 1. The molecule has 3 atom stereocenters. The minimum Gasteiger partial charge on any atom is -0.481 e. The molecule has 110 valence electrons. The van der Waals surface area contributed by atoms with Crippen molar-refractivity contribution in [2.24, 2.45) is 0 Å². The van der Waals surface area contributed by atoms with E-state index in [9.17, 15) is 4.79 Å². The van der Waals surface area contributed by atoms with Crippen molar-refractivity contribution >= 4 is 17.7 Å². The Hall–Kier alpha value is -1.00. The molecule has 1 aliphatic rings. The zero-order valence-electron chi connectivity index (χ0n) is 12.1. The molecule has 4 heteroatoms. The van der Waals surface area contributed by atoms with Crippen LogP contribution in [-0.2, 0) is 11.3 Å². The van der Waals surface area contributed by atoms with E-state index >= 15 is 0 Å². The highest BCUT2D eigenvalue weighted by atomic mass is 32.2. The minimum atomic E-state index is -0.773. The molecule has 0 radical (unpaired) electrons. The predicted octanol–water partition coefficient (Wildman–Crippen LogP) is 3.25. The second kappa shape index (κ2) is 7.14. The van der Waals surface area contributed by atoms with E-state index in [1.165, 1.54) is 24.8 Å². The molecule has 3 nitrogen and oxygen atoms in total. The Morgan fingerprint density at radius 3 is 2.70 bits per heavy atom. The molecular weight excluding hydrogens is 270 g/mol. The molecule has 1 aromatic rings. The van der Waals surface area contributed by atoms with Gasteiger partial charge in [0.05, 0.1) is 5.92 Å². The third kappa shape index (κ3) is 3.76. The van der Waals surface area contributed by atoms with Gasteiger partial charge >= 0.3 is 5.97 Å². The monoisotopic (exact) mass is 293 g/mol. The average Bonchev–Trinajstić information content (AvgIpc) is 2.92. The van der Waals surface area contributed by atoms with Crippen molar-refractivity contribution in [3.63, 3.8) is 0 Å². The summed E-state index contributed by atoms with van der Waals surface area (Å²) in [6, 6.07) is 8.53. The van der Waals surface area contributed by atoms with Crippen molar-refractivity contribution in [3.8, 4) is 0 Å². The van der Waals surface area contributed by atoms with Gasteiger partial charge in [-0.25, -0.2) is 0 Å². The topological polar surface area (TPSA) is 49.3 Å². The maximum absolute atomic E-state index is 10.9. The van der Waals surface area contributed by atoms with Crippen LogP contribution in [0.4, 0.5) is 0 Å². The van der Waals surface area contributed by atoms with Crippen LogP contribution in [0.5, 0.6) is 0 Å². The smallest absolute Gasteiger partial charge is 0.310 e.